The van der Waals surface area contributed by atoms with Crippen molar-refractivity contribution in [3.8, 4) is 0 Å². The van der Waals surface area contributed by atoms with Crippen LogP contribution in [0.25, 0.3) is 0 Å². The summed E-state index contributed by atoms with van der Waals surface area (Å²) < 4.78 is 10.9. The van der Waals surface area contributed by atoms with Gasteiger partial charge in [-0.2, -0.15) is 0 Å². The van der Waals surface area contributed by atoms with Gasteiger partial charge in [-0.25, -0.2) is 0 Å². The Morgan fingerprint density at radius 1 is 1.09 bits per heavy atom. The van der Waals surface area contributed by atoms with E-state index in [4.69, 9.17) is 9.47 Å². The second-order valence-electron chi connectivity index (χ2n) is 7.49. The Balaban J connectivity index is 2.90. The number of esters is 2. The fraction of sp³-hybridized carbons (Fsp3) is 0.789. The van der Waals surface area contributed by atoms with Gasteiger partial charge in [-0.1, -0.05) is 46.3 Å². The van der Waals surface area contributed by atoms with Crippen LogP contribution in [0.5, 0.6) is 0 Å². The Hall–Kier alpha value is -1.32. The van der Waals surface area contributed by atoms with Gasteiger partial charge in [0, 0.05) is 0 Å². The smallest absolute Gasteiger partial charge is 0.310 e. The van der Waals surface area contributed by atoms with Crippen LogP contribution in [0.2, 0.25) is 0 Å². The van der Waals surface area contributed by atoms with E-state index in [2.05, 4.69) is 6.08 Å². The zero-order chi connectivity index (χ0) is 17.6. The molecule has 0 aromatic rings. The van der Waals surface area contributed by atoms with E-state index in [1.807, 2.05) is 41.5 Å². The highest BCUT2D eigenvalue weighted by molar-refractivity contribution is 5.82. The lowest BCUT2D eigenvalue weighted by Crippen LogP contribution is -2.37. The standard InChI is InChI=1S/C19H32O4/c1-12(2)10-22-18(20)16-9-7-8-14(5)15(6)17(16)19(21)23-11-13(3)4/h8,12-13,15-17H,7,9-11H2,1-6H3. The maximum atomic E-state index is 12.6. The first-order valence-electron chi connectivity index (χ1n) is 8.73. The van der Waals surface area contributed by atoms with Crippen molar-refractivity contribution in [2.75, 3.05) is 13.2 Å². The molecule has 132 valence electrons. The lowest BCUT2D eigenvalue weighted by Gasteiger charge is -2.28. The van der Waals surface area contributed by atoms with Crippen molar-refractivity contribution in [3.05, 3.63) is 11.6 Å². The molecule has 0 aromatic heterocycles. The lowest BCUT2D eigenvalue weighted by molar-refractivity contribution is -0.163. The van der Waals surface area contributed by atoms with E-state index in [9.17, 15) is 9.59 Å². The average Bonchev–Trinajstić information content (AvgIpc) is 2.62. The Labute approximate surface area is 140 Å². The number of rotatable bonds is 6. The molecule has 1 rings (SSSR count). The monoisotopic (exact) mass is 324 g/mol. The van der Waals surface area contributed by atoms with Crippen molar-refractivity contribution in [2.24, 2.45) is 29.6 Å². The molecule has 0 saturated carbocycles. The SMILES string of the molecule is CC1=CCCC(C(=O)OCC(C)C)C(C(=O)OCC(C)C)C1C. The number of ether oxygens (including phenoxy) is 2. The highest BCUT2D eigenvalue weighted by atomic mass is 16.5. The summed E-state index contributed by atoms with van der Waals surface area (Å²) in [5.41, 5.74) is 1.15. The van der Waals surface area contributed by atoms with E-state index in [0.717, 1.165) is 12.0 Å². The van der Waals surface area contributed by atoms with Crippen LogP contribution < -0.4 is 0 Å². The predicted octanol–water partition coefficient (Wildman–Crippen LogP) is 3.99. The summed E-state index contributed by atoms with van der Waals surface area (Å²) in [5, 5.41) is 0. The van der Waals surface area contributed by atoms with Gasteiger partial charge in [-0.15, -0.1) is 0 Å². The van der Waals surface area contributed by atoms with Crippen LogP contribution in [0, 0.1) is 29.6 Å². The molecule has 0 fully saturated rings. The maximum Gasteiger partial charge on any atom is 0.310 e. The Kier molecular flexibility index (Phi) is 7.80. The van der Waals surface area contributed by atoms with Crippen molar-refractivity contribution in [2.45, 2.75) is 54.4 Å². The number of allylic oxidation sites excluding steroid dienone is 2. The number of carbonyl (C=O) groups is 2. The second kappa shape index (κ2) is 9.09. The molecule has 0 bridgehead atoms. The molecular weight excluding hydrogens is 292 g/mol. The second-order valence-corrected chi connectivity index (χ2v) is 7.49. The molecule has 23 heavy (non-hydrogen) atoms. The highest BCUT2D eigenvalue weighted by Gasteiger charge is 2.41. The summed E-state index contributed by atoms with van der Waals surface area (Å²) in [6.07, 6.45) is 3.56. The third kappa shape index (κ3) is 6.00. The molecule has 3 atom stereocenters. The number of hydrogen-bond donors (Lipinski definition) is 0. The van der Waals surface area contributed by atoms with Gasteiger partial charge in [0.25, 0.3) is 0 Å². The van der Waals surface area contributed by atoms with Crippen LogP contribution in [0.3, 0.4) is 0 Å². The van der Waals surface area contributed by atoms with Crippen LogP contribution in [0.4, 0.5) is 0 Å². The predicted molar refractivity (Wildman–Crippen MR) is 90.7 cm³/mol. The third-order valence-electron chi connectivity index (χ3n) is 4.33. The Morgan fingerprint density at radius 3 is 2.13 bits per heavy atom. The zero-order valence-corrected chi connectivity index (χ0v) is 15.4. The minimum Gasteiger partial charge on any atom is -0.465 e. The highest BCUT2D eigenvalue weighted by Crippen LogP contribution is 2.35. The molecule has 1 aliphatic carbocycles. The van der Waals surface area contributed by atoms with Crippen LogP contribution in [0.15, 0.2) is 11.6 Å². The molecule has 0 saturated heterocycles. The van der Waals surface area contributed by atoms with E-state index >= 15 is 0 Å². The summed E-state index contributed by atoms with van der Waals surface area (Å²) in [6, 6.07) is 0. The number of carbonyl (C=O) groups excluding carboxylic acids is 2. The molecule has 4 nitrogen and oxygen atoms in total. The molecule has 0 aliphatic heterocycles. The van der Waals surface area contributed by atoms with Crippen molar-refractivity contribution in [1.82, 2.24) is 0 Å². The van der Waals surface area contributed by atoms with Crippen molar-refractivity contribution in [3.63, 3.8) is 0 Å². The summed E-state index contributed by atoms with van der Waals surface area (Å²) in [6.45, 7) is 12.8. The van der Waals surface area contributed by atoms with Crippen LogP contribution in [-0.2, 0) is 19.1 Å². The van der Waals surface area contributed by atoms with Crippen molar-refractivity contribution >= 4 is 11.9 Å². The van der Waals surface area contributed by atoms with Gasteiger partial charge >= 0.3 is 11.9 Å². The maximum absolute atomic E-state index is 12.6. The third-order valence-corrected chi connectivity index (χ3v) is 4.33. The van der Waals surface area contributed by atoms with Crippen molar-refractivity contribution in [1.29, 1.82) is 0 Å². The molecule has 0 radical (unpaired) electrons. The first kappa shape index (κ1) is 19.7. The van der Waals surface area contributed by atoms with Gasteiger partial charge in [0.15, 0.2) is 0 Å². The van der Waals surface area contributed by atoms with Gasteiger partial charge in [0.1, 0.15) is 0 Å². The summed E-state index contributed by atoms with van der Waals surface area (Å²) >= 11 is 0. The Bertz CT molecular complexity index is 437. The number of hydrogen-bond acceptors (Lipinski definition) is 4. The molecule has 0 aromatic carbocycles. The fourth-order valence-electron chi connectivity index (χ4n) is 2.82. The summed E-state index contributed by atoms with van der Waals surface area (Å²) in [5.74, 6) is -0.845. The lowest BCUT2D eigenvalue weighted by atomic mass is 9.79. The van der Waals surface area contributed by atoms with Crippen LogP contribution >= 0.6 is 0 Å². The van der Waals surface area contributed by atoms with E-state index in [1.54, 1.807) is 0 Å². The molecule has 0 spiro atoms. The van der Waals surface area contributed by atoms with Gasteiger partial charge in [0.2, 0.25) is 0 Å². The first-order valence-corrected chi connectivity index (χ1v) is 8.73. The van der Waals surface area contributed by atoms with Crippen LogP contribution in [0.1, 0.15) is 54.4 Å². The van der Waals surface area contributed by atoms with E-state index < -0.39 is 11.8 Å². The van der Waals surface area contributed by atoms with Crippen molar-refractivity contribution < 1.29 is 19.1 Å². The van der Waals surface area contributed by atoms with E-state index in [0.29, 0.717) is 19.6 Å². The van der Waals surface area contributed by atoms with Gasteiger partial charge in [-0.3, -0.25) is 9.59 Å². The molecule has 0 amide bonds. The molecule has 4 heteroatoms. The summed E-state index contributed by atoms with van der Waals surface area (Å²) in [4.78, 5) is 25.1. The van der Waals surface area contributed by atoms with Gasteiger partial charge in [-0.05, 0) is 37.5 Å². The molecule has 0 heterocycles. The van der Waals surface area contributed by atoms with Crippen LogP contribution in [-0.4, -0.2) is 25.2 Å². The normalized spacial score (nSPS) is 25.0. The summed E-state index contributed by atoms with van der Waals surface area (Å²) in [7, 11) is 0. The molecule has 3 unspecified atom stereocenters. The minimum absolute atomic E-state index is 0.00578. The minimum atomic E-state index is -0.452. The topological polar surface area (TPSA) is 52.6 Å². The van der Waals surface area contributed by atoms with Gasteiger partial charge < -0.3 is 9.47 Å². The van der Waals surface area contributed by atoms with E-state index in [-0.39, 0.29) is 29.7 Å². The fourth-order valence-corrected chi connectivity index (χ4v) is 2.82. The molecule has 0 N–H and O–H groups in total. The van der Waals surface area contributed by atoms with E-state index in [1.165, 1.54) is 0 Å². The first-order chi connectivity index (χ1) is 10.7. The largest absolute Gasteiger partial charge is 0.465 e. The quantitative estimate of drug-likeness (QED) is 0.547. The van der Waals surface area contributed by atoms with Gasteiger partial charge in [0.05, 0.1) is 25.0 Å². The Morgan fingerprint density at radius 2 is 1.61 bits per heavy atom. The average molecular weight is 324 g/mol. The zero-order valence-electron chi connectivity index (χ0n) is 15.4. The molecular formula is C19H32O4. The molecule has 1 aliphatic rings.